The Bertz CT molecular complexity index is 879. The van der Waals surface area contributed by atoms with Crippen LogP contribution in [0.3, 0.4) is 0 Å². The maximum Gasteiger partial charge on any atom is 0.261 e. The van der Waals surface area contributed by atoms with E-state index in [1.807, 2.05) is 30.3 Å². The predicted molar refractivity (Wildman–Crippen MR) is 108 cm³/mol. The number of aromatic amines is 1. The number of benzene rings is 1. The van der Waals surface area contributed by atoms with Crippen LogP contribution in [0.15, 0.2) is 47.3 Å². The first-order valence-electron chi connectivity index (χ1n) is 9.66. The summed E-state index contributed by atoms with van der Waals surface area (Å²) < 4.78 is 0. The predicted octanol–water partition coefficient (Wildman–Crippen LogP) is 1.50. The average molecular weight is 382 g/mol. The van der Waals surface area contributed by atoms with Crippen molar-refractivity contribution in [2.75, 3.05) is 19.6 Å². The average Bonchev–Trinajstić information content (AvgIpc) is 2.73. The molecule has 3 rings (SSSR count). The molecule has 7 nitrogen and oxygen atoms in total. The highest BCUT2D eigenvalue weighted by Crippen LogP contribution is 2.20. The maximum absolute atomic E-state index is 13.0. The summed E-state index contributed by atoms with van der Waals surface area (Å²) in [6.07, 6.45) is 2.94. The van der Waals surface area contributed by atoms with Crippen molar-refractivity contribution in [3.63, 3.8) is 0 Å². The van der Waals surface area contributed by atoms with Crippen LogP contribution in [0.2, 0.25) is 0 Å². The Kier molecular flexibility index (Phi) is 6.60. The topological polar surface area (TPSA) is 108 Å². The number of rotatable bonds is 6. The zero-order chi connectivity index (χ0) is 19.9. The fourth-order valence-electron chi connectivity index (χ4n) is 3.51. The van der Waals surface area contributed by atoms with Crippen molar-refractivity contribution in [2.24, 2.45) is 5.73 Å². The van der Waals surface area contributed by atoms with Gasteiger partial charge >= 0.3 is 0 Å². The number of carbonyl (C=O) groups is 2. The van der Waals surface area contributed by atoms with E-state index in [1.54, 1.807) is 17.0 Å². The third-order valence-corrected chi connectivity index (χ3v) is 5.02. The Labute approximate surface area is 163 Å². The number of pyridine rings is 1. The highest BCUT2D eigenvalue weighted by molar-refractivity contribution is 5.94. The maximum atomic E-state index is 13.0. The first-order chi connectivity index (χ1) is 13.6. The van der Waals surface area contributed by atoms with Crippen molar-refractivity contribution in [1.29, 1.82) is 0 Å². The molecule has 0 bridgehead atoms. The number of amides is 2. The number of hydrogen-bond acceptors (Lipinski definition) is 4. The van der Waals surface area contributed by atoms with Crippen molar-refractivity contribution in [2.45, 2.75) is 31.7 Å². The van der Waals surface area contributed by atoms with Crippen LogP contribution in [0.1, 0.15) is 36.0 Å². The number of H-pyrrole nitrogens is 1. The van der Waals surface area contributed by atoms with E-state index in [1.165, 1.54) is 0 Å². The van der Waals surface area contributed by atoms with Crippen molar-refractivity contribution in [1.82, 2.24) is 15.2 Å². The van der Waals surface area contributed by atoms with Crippen LogP contribution in [0.25, 0.3) is 11.3 Å². The third kappa shape index (κ3) is 4.67. The van der Waals surface area contributed by atoms with Gasteiger partial charge in [-0.2, -0.15) is 0 Å². The summed E-state index contributed by atoms with van der Waals surface area (Å²) in [6.45, 7) is 1.25. The molecule has 2 heterocycles. The summed E-state index contributed by atoms with van der Waals surface area (Å²) in [6, 6.07) is 12.7. The summed E-state index contributed by atoms with van der Waals surface area (Å²) in [5, 5.41) is 2.84. The summed E-state index contributed by atoms with van der Waals surface area (Å²) >= 11 is 0. The van der Waals surface area contributed by atoms with Gasteiger partial charge in [-0.25, -0.2) is 0 Å². The molecule has 1 aromatic heterocycles. The van der Waals surface area contributed by atoms with E-state index >= 15 is 0 Å². The van der Waals surface area contributed by atoms with Gasteiger partial charge in [-0.15, -0.1) is 0 Å². The van der Waals surface area contributed by atoms with Crippen molar-refractivity contribution in [3.8, 4) is 11.3 Å². The lowest BCUT2D eigenvalue weighted by Crippen LogP contribution is -2.50. The van der Waals surface area contributed by atoms with Gasteiger partial charge in [-0.1, -0.05) is 30.3 Å². The van der Waals surface area contributed by atoms with E-state index in [9.17, 15) is 14.4 Å². The van der Waals surface area contributed by atoms with Crippen molar-refractivity contribution >= 4 is 11.8 Å². The molecule has 1 unspecified atom stereocenters. The second-order valence-electron chi connectivity index (χ2n) is 6.97. The van der Waals surface area contributed by atoms with Crippen LogP contribution in [0.4, 0.5) is 0 Å². The van der Waals surface area contributed by atoms with Crippen LogP contribution in [-0.4, -0.2) is 47.4 Å². The monoisotopic (exact) mass is 382 g/mol. The Morgan fingerprint density at radius 1 is 1.14 bits per heavy atom. The standard InChI is InChI=1S/C21H26N4O3/c22-12-11-19(26)23-14-16-8-4-5-13-25(16)21(28)17-9-10-18(24-20(17)27)15-6-2-1-3-7-15/h1-3,6-7,9-10,16H,4-5,8,11-14,22H2,(H,23,26)(H,24,27). The van der Waals surface area contributed by atoms with Gasteiger partial charge in [0.25, 0.3) is 11.5 Å². The molecule has 2 amide bonds. The van der Waals surface area contributed by atoms with Gasteiger partial charge in [-0.3, -0.25) is 14.4 Å². The van der Waals surface area contributed by atoms with Crippen LogP contribution in [0, 0.1) is 0 Å². The molecule has 0 radical (unpaired) electrons. The van der Waals surface area contributed by atoms with Crippen molar-refractivity contribution < 1.29 is 9.59 Å². The number of carbonyl (C=O) groups excluding carboxylic acids is 2. The molecular formula is C21H26N4O3. The van der Waals surface area contributed by atoms with E-state index in [0.29, 0.717) is 25.3 Å². The highest BCUT2D eigenvalue weighted by Gasteiger charge is 2.29. The Morgan fingerprint density at radius 3 is 2.64 bits per heavy atom. The smallest absolute Gasteiger partial charge is 0.261 e. The molecular weight excluding hydrogens is 356 g/mol. The number of hydrogen-bond donors (Lipinski definition) is 3. The third-order valence-electron chi connectivity index (χ3n) is 5.02. The first kappa shape index (κ1) is 19.8. The number of likely N-dealkylation sites (tertiary alicyclic amines) is 1. The first-order valence-corrected chi connectivity index (χ1v) is 9.66. The SMILES string of the molecule is NCCC(=O)NCC1CCCCN1C(=O)c1ccc(-c2ccccc2)[nH]c1=O. The molecule has 1 fully saturated rings. The van der Waals surface area contributed by atoms with Crippen LogP contribution in [-0.2, 0) is 4.79 Å². The number of nitrogens with two attached hydrogens (primary N) is 1. The largest absolute Gasteiger partial charge is 0.354 e. The van der Waals surface area contributed by atoms with E-state index in [-0.39, 0.29) is 29.8 Å². The summed E-state index contributed by atoms with van der Waals surface area (Å²) in [5.41, 5.74) is 6.68. The minimum absolute atomic E-state index is 0.115. The quantitative estimate of drug-likeness (QED) is 0.703. The fraction of sp³-hybridized carbons (Fsp3) is 0.381. The molecule has 2 aromatic rings. The fourth-order valence-corrected chi connectivity index (χ4v) is 3.51. The Balaban J connectivity index is 1.75. The summed E-state index contributed by atoms with van der Waals surface area (Å²) in [5.74, 6) is -0.413. The second kappa shape index (κ2) is 9.32. The van der Waals surface area contributed by atoms with E-state index in [4.69, 9.17) is 5.73 Å². The lowest BCUT2D eigenvalue weighted by Gasteiger charge is -2.35. The van der Waals surface area contributed by atoms with Crippen LogP contribution in [0.5, 0.6) is 0 Å². The van der Waals surface area contributed by atoms with Gasteiger partial charge in [0.1, 0.15) is 5.56 Å². The van der Waals surface area contributed by atoms with Crippen molar-refractivity contribution in [3.05, 3.63) is 58.4 Å². The molecule has 0 spiro atoms. The Hall–Kier alpha value is -2.93. The molecule has 1 saturated heterocycles. The molecule has 7 heteroatoms. The van der Waals surface area contributed by atoms with Gasteiger partial charge in [0.2, 0.25) is 5.91 Å². The molecule has 0 saturated carbocycles. The molecule has 1 aromatic carbocycles. The molecule has 0 aliphatic carbocycles. The van der Waals surface area contributed by atoms with E-state index in [0.717, 1.165) is 24.8 Å². The summed E-state index contributed by atoms with van der Waals surface area (Å²) in [4.78, 5) is 41.8. The molecule has 4 N–H and O–H groups in total. The van der Waals surface area contributed by atoms with E-state index < -0.39 is 5.56 Å². The van der Waals surface area contributed by atoms with E-state index in [2.05, 4.69) is 10.3 Å². The van der Waals surface area contributed by atoms with Gasteiger partial charge in [0, 0.05) is 37.8 Å². The number of aromatic nitrogens is 1. The number of piperidine rings is 1. The van der Waals surface area contributed by atoms with Crippen LogP contribution >= 0.6 is 0 Å². The zero-order valence-electron chi connectivity index (χ0n) is 15.8. The highest BCUT2D eigenvalue weighted by atomic mass is 16.2. The number of nitrogens with zero attached hydrogens (tertiary/aromatic N) is 1. The molecule has 1 atom stereocenters. The zero-order valence-corrected chi connectivity index (χ0v) is 15.8. The minimum atomic E-state index is -0.400. The Morgan fingerprint density at radius 2 is 1.93 bits per heavy atom. The molecule has 1 aliphatic heterocycles. The second-order valence-corrected chi connectivity index (χ2v) is 6.97. The molecule has 148 valence electrons. The van der Waals surface area contributed by atoms with Gasteiger partial charge in [-0.05, 0) is 37.0 Å². The van der Waals surface area contributed by atoms with Crippen LogP contribution < -0.4 is 16.6 Å². The minimum Gasteiger partial charge on any atom is -0.354 e. The normalized spacial score (nSPS) is 16.6. The lowest BCUT2D eigenvalue weighted by atomic mass is 10.0. The number of nitrogens with one attached hydrogen (secondary N) is 2. The lowest BCUT2D eigenvalue weighted by molar-refractivity contribution is -0.121. The van der Waals surface area contributed by atoms with Gasteiger partial charge in [0.05, 0.1) is 0 Å². The summed E-state index contributed by atoms with van der Waals surface area (Å²) in [7, 11) is 0. The van der Waals surface area contributed by atoms with Gasteiger partial charge in [0.15, 0.2) is 0 Å². The molecule has 28 heavy (non-hydrogen) atoms. The molecule has 1 aliphatic rings. The van der Waals surface area contributed by atoms with Gasteiger partial charge < -0.3 is 20.9 Å².